The van der Waals surface area contributed by atoms with Gasteiger partial charge in [0.2, 0.25) is 5.95 Å². The molecule has 2 aromatic carbocycles. The van der Waals surface area contributed by atoms with Crippen molar-refractivity contribution in [2.45, 2.75) is 44.7 Å². The highest BCUT2D eigenvalue weighted by molar-refractivity contribution is 6.33. The minimum atomic E-state index is -1.36. The van der Waals surface area contributed by atoms with Crippen LogP contribution in [0, 0.1) is 6.92 Å². The van der Waals surface area contributed by atoms with E-state index >= 15 is 0 Å². The largest absolute Gasteiger partial charge is 0.511 e. The zero-order chi connectivity index (χ0) is 28.6. The molecule has 2 aliphatic rings. The van der Waals surface area contributed by atoms with Crippen molar-refractivity contribution in [2.75, 3.05) is 44.0 Å². The molecule has 1 N–H and O–H groups in total. The van der Waals surface area contributed by atoms with Crippen molar-refractivity contribution in [3.8, 4) is 5.75 Å². The molecule has 1 unspecified atom stereocenters. The monoisotopic (exact) mass is 564 g/mol. The summed E-state index contributed by atoms with van der Waals surface area (Å²) < 4.78 is 5.15. The molecule has 1 aromatic heterocycles. The van der Waals surface area contributed by atoms with Crippen molar-refractivity contribution < 1.29 is 23.9 Å². The Labute approximate surface area is 239 Å². The number of nitrogens with zero attached hydrogens (tertiary/aromatic N) is 5. The maximum Gasteiger partial charge on any atom is 0.511 e. The van der Waals surface area contributed by atoms with E-state index in [9.17, 15) is 14.7 Å². The maximum atomic E-state index is 14.5. The van der Waals surface area contributed by atoms with E-state index in [1.165, 1.54) is 0 Å². The van der Waals surface area contributed by atoms with Crippen LogP contribution in [0.3, 0.4) is 0 Å². The molecule has 10 heteroatoms. The standard InChI is InChI=1S/C30H34ClN5O4/c1-19-17-27(33-29(32-19)34(2)3)35-15-13-21(14-16-35)36(4,28(37)23-7-5-6-8-25(23)31)26-12-10-20-9-11-22(18-24(20)26)40-30(38)39/h5-9,11,17-18,21,26H,10,12-16H2,1-4H3/p+1/t26-,36?/m1/s1. The molecule has 5 rings (SSSR count). The molecule has 1 aliphatic heterocycles. The van der Waals surface area contributed by atoms with Crippen LogP contribution in [-0.2, 0) is 6.42 Å². The van der Waals surface area contributed by atoms with Crippen LogP contribution in [0.4, 0.5) is 16.6 Å². The lowest BCUT2D eigenvalue weighted by atomic mass is 9.93. The third kappa shape index (κ3) is 5.23. The summed E-state index contributed by atoms with van der Waals surface area (Å²) in [7, 11) is 5.89. The van der Waals surface area contributed by atoms with Gasteiger partial charge in [-0.05, 0) is 43.2 Å². The Morgan fingerprint density at radius 2 is 1.80 bits per heavy atom. The van der Waals surface area contributed by atoms with E-state index in [0.717, 1.165) is 61.4 Å². The molecule has 1 aliphatic carbocycles. The van der Waals surface area contributed by atoms with Crippen molar-refractivity contribution in [1.82, 2.24) is 9.97 Å². The number of ether oxygens (including phenoxy) is 1. The lowest BCUT2D eigenvalue weighted by Gasteiger charge is -2.47. The average Bonchev–Trinajstić information content (AvgIpc) is 3.35. The highest BCUT2D eigenvalue weighted by atomic mass is 35.5. The average molecular weight is 565 g/mol. The molecule has 2 atom stereocenters. The molecular formula is C30H35ClN5O4+. The zero-order valence-electron chi connectivity index (χ0n) is 23.3. The highest BCUT2D eigenvalue weighted by Crippen LogP contribution is 2.46. The summed E-state index contributed by atoms with van der Waals surface area (Å²) in [4.78, 5) is 39.2. The van der Waals surface area contributed by atoms with Crippen LogP contribution in [0.2, 0.25) is 5.02 Å². The predicted molar refractivity (Wildman–Crippen MR) is 154 cm³/mol. The van der Waals surface area contributed by atoms with E-state index in [2.05, 4.69) is 9.88 Å². The van der Waals surface area contributed by atoms with Gasteiger partial charge in [-0.2, -0.15) is 4.98 Å². The maximum absolute atomic E-state index is 14.5. The fourth-order valence-electron chi connectivity index (χ4n) is 6.27. The first-order chi connectivity index (χ1) is 19.1. The summed E-state index contributed by atoms with van der Waals surface area (Å²) >= 11 is 6.57. The van der Waals surface area contributed by atoms with Crippen molar-refractivity contribution in [2.24, 2.45) is 0 Å². The Hall–Kier alpha value is -3.69. The minimum absolute atomic E-state index is 0.0243. The van der Waals surface area contributed by atoms with Crippen LogP contribution < -0.4 is 14.5 Å². The summed E-state index contributed by atoms with van der Waals surface area (Å²) in [6.45, 7) is 3.47. The fraction of sp³-hybridized carbons (Fsp3) is 0.400. The fourth-order valence-corrected chi connectivity index (χ4v) is 6.48. The number of rotatable bonds is 6. The Bertz CT molecular complexity index is 1440. The SMILES string of the molecule is Cc1cc(N2CCC([N+](C)(C(=O)c3ccccc3Cl)[C@@H]3CCc4ccc(OC(=O)O)cc43)CC2)nc(N(C)C)n1. The van der Waals surface area contributed by atoms with Crippen molar-refractivity contribution in [1.29, 1.82) is 0 Å². The molecule has 3 aromatic rings. The number of carboxylic acid groups (broad SMARTS) is 1. The summed E-state index contributed by atoms with van der Waals surface area (Å²) in [5.41, 5.74) is 3.49. The van der Waals surface area contributed by atoms with Gasteiger partial charge in [0.15, 0.2) is 0 Å². The van der Waals surface area contributed by atoms with E-state index in [0.29, 0.717) is 16.5 Å². The van der Waals surface area contributed by atoms with E-state index in [-0.39, 0.29) is 28.2 Å². The number of piperidine rings is 1. The van der Waals surface area contributed by atoms with Gasteiger partial charge in [-0.1, -0.05) is 29.8 Å². The Morgan fingerprint density at radius 3 is 2.48 bits per heavy atom. The van der Waals surface area contributed by atoms with Gasteiger partial charge in [-0.25, -0.2) is 19.1 Å². The summed E-state index contributed by atoms with van der Waals surface area (Å²) in [5, 5.41) is 9.62. The number of carbonyl (C=O) groups excluding carboxylic acids is 1. The van der Waals surface area contributed by atoms with Gasteiger partial charge in [-0.3, -0.25) is 0 Å². The van der Waals surface area contributed by atoms with Crippen LogP contribution in [0.1, 0.15) is 52.5 Å². The van der Waals surface area contributed by atoms with Crippen LogP contribution in [0.15, 0.2) is 48.5 Å². The van der Waals surface area contributed by atoms with Crippen LogP contribution in [-0.4, -0.2) is 71.9 Å². The van der Waals surface area contributed by atoms with Gasteiger partial charge in [0.25, 0.3) is 0 Å². The van der Waals surface area contributed by atoms with Gasteiger partial charge in [-0.15, -0.1) is 0 Å². The number of quaternary nitrogens is 1. The number of carbonyl (C=O) groups is 2. The molecule has 0 radical (unpaired) electrons. The molecule has 0 spiro atoms. The molecule has 1 amide bonds. The van der Waals surface area contributed by atoms with Crippen molar-refractivity contribution in [3.05, 3.63) is 75.9 Å². The number of fused-ring (bicyclic) bond motifs is 1. The number of hydrogen-bond donors (Lipinski definition) is 1. The topological polar surface area (TPSA) is 95.9 Å². The Kier molecular flexibility index (Phi) is 7.70. The van der Waals surface area contributed by atoms with E-state index in [4.69, 9.17) is 21.3 Å². The van der Waals surface area contributed by atoms with Gasteiger partial charge in [0, 0.05) is 63.8 Å². The van der Waals surface area contributed by atoms with Crippen LogP contribution in [0.5, 0.6) is 5.75 Å². The molecule has 9 nitrogen and oxygen atoms in total. The predicted octanol–water partition coefficient (Wildman–Crippen LogP) is 5.50. The van der Waals surface area contributed by atoms with E-state index < -0.39 is 6.16 Å². The second kappa shape index (κ2) is 11.1. The second-order valence-corrected chi connectivity index (χ2v) is 11.4. The first-order valence-corrected chi connectivity index (χ1v) is 13.9. The van der Waals surface area contributed by atoms with Gasteiger partial charge < -0.3 is 19.6 Å². The summed E-state index contributed by atoms with van der Waals surface area (Å²) in [6.07, 6.45) is 1.79. The number of aromatic nitrogens is 2. The number of benzene rings is 2. The zero-order valence-corrected chi connectivity index (χ0v) is 24.1. The molecule has 1 fully saturated rings. The molecule has 0 bridgehead atoms. The molecular weight excluding hydrogens is 530 g/mol. The summed E-state index contributed by atoms with van der Waals surface area (Å²) in [6, 6.07) is 14.5. The number of hydrogen-bond acceptors (Lipinski definition) is 7. The van der Waals surface area contributed by atoms with Gasteiger partial charge in [0.05, 0.1) is 23.7 Å². The molecule has 1 saturated heterocycles. The molecule has 210 valence electrons. The molecule has 2 heterocycles. The second-order valence-electron chi connectivity index (χ2n) is 11.0. The van der Waals surface area contributed by atoms with E-state index in [1.54, 1.807) is 24.3 Å². The smallest absolute Gasteiger partial charge is 0.449 e. The number of anilines is 2. The first-order valence-electron chi connectivity index (χ1n) is 13.5. The van der Waals surface area contributed by atoms with Gasteiger partial charge >= 0.3 is 12.1 Å². The lowest BCUT2D eigenvalue weighted by molar-refractivity contribution is -0.887. The normalized spacial score (nSPS) is 18.6. The third-order valence-electron chi connectivity index (χ3n) is 8.33. The van der Waals surface area contributed by atoms with Gasteiger partial charge in [0.1, 0.15) is 17.6 Å². The minimum Gasteiger partial charge on any atom is -0.449 e. The first kappa shape index (κ1) is 27.9. The molecule has 0 saturated carbocycles. The lowest BCUT2D eigenvalue weighted by Crippen LogP contribution is -2.60. The Morgan fingerprint density at radius 1 is 1.07 bits per heavy atom. The van der Waals surface area contributed by atoms with Crippen LogP contribution in [0.25, 0.3) is 0 Å². The quantitative estimate of drug-likeness (QED) is 0.238. The third-order valence-corrected chi connectivity index (χ3v) is 8.66. The van der Waals surface area contributed by atoms with Crippen molar-refractivity contribution in [3.63, 3.8) is 0 Å². The van der Waals surface area contributed by atoms with Crippen molar-refractivity contribution >= 4 is 35.4 Å². The van der Waals surface area contributed by atoms with E-state index in [1.807, 2.05) is 57.2 Å². The number of halogens is 1. The van der Waals surface area contributed by atoms with Crippen LogP contribution >= 0.6 is 11.6 Å². The number of amides is 1. The molecule has 40 heavy (non-hydrogen) atoms. The Balaban J connectivity index is 1.49. The summed E-state index contributed by atoms with van der Waals surface area (Å²) in [5.74, 6) is 1.80. The number of aryl methyl sites for hydroxylation is 2. The highest BCUT2D eigenvalue weighted by Gasteiger charge is 2.51.